The molecule has 0 atom stereocenters. The normalized spacial score (nSPS) is 17.6. The number of benzene rings is 1. The van der Waals surface area contributed by atoms with Gasteiger partial charge in [-0.1, -0.05) is 12.1 Å². The molecule has 1 fully saturated rings. The molecule has 1 saturated heterocycles. The molecule has 110 valence electrons. The highest BCUT2D eigenvalue weighted by atomic mass is 16.1. The second kappa shape index (κ2) is 6.86. The first kappa shape index (κ1) is 15.0. The molecule has 2 N–H and O–H groups in total. The fourth-order valence-corrected chi connectivity index (χ4v) is 2.78. The highest BCUT2D eigenvalue weighted by Gasteiger charge is 2.21. The molecule has 0 unspecified atom stereocenters. The molecule has 1 heterocycles. The van der Waals surface area contributed by atoms with E-state index in [1.165, 1.54) is 12.8 Å². The maximum atomic E-state index is 12.2. The molecule has 0 saturated carbocycles. The van der Waals surface area contributed by atoms with E-state index >= 15 is 0 Å². The Morgan fingerprint density at radius 2 is 2.00 bits per heavy atom. The lowest BCUT2D eigenvalue weighted by Crippen LogP contribution is -2.42. The average Bonchev–Trinajstić information content (AvgIpc) is 2.45. The third-order valence-corrected chi connectivity index (χ3v) is 4.26. The third-order valence-electron chi connectivity index (χ3n) is 4.26. The van der Waals surface area contributed by atoms with Gasteiger partial charge in [0.2, 0.25) is 0 Å². The number of carbonyl (C=O) groups excluding carboxylic acids is 1. The van der Waals surface area contributed by atoms with Crippen LogP contribution in [0.25, 0.3) is 0 Å². The van der Waals surface area contributed by atoms with Gasteiger partial charge in [-0.15, -0.1) is 0 Å². The predicted octanol–water partition coefficient (Wildman–Crippen LogP) is 1.87. The zero-order valence-corrected chi connectivity index (χ0v) is 12.5. The van der Waals surface area contributed by atoms with Gasteiger partial charge in [-0.3, -0.25) is 4.79 Å². The Kier molecular flexibility index (Phi) is 5.15. The van der Waals surface area contributed by atoms with E-state index in [2.05, 4.69) is 23.9 Å². The van der Waals surface area contributed by atoms with Gasteiger partial charge in [0.05, 0.1) is 0 Å². The molecule has 1 aliphatic heterocycles. The van der Waals surface area contributed by atoms with Gasteiger partial charge in [0.1, 0.15) is 0 Å². The number of carbonyl (C=O) groups is 1. The van der Waals surface area contributed by atoms with E-state index in [1.54, 1.807) is 6.07 Å². The van der Waals surface area contributed by atoms with Crippen LogP contribution in [0.5, 0.6) is 0 Å². The Balaban J connectivity index is 1.83. The molecule has 0 radical (unpaired) electrons. The number of hydrogen-bond donors (Lipinski definition) is 1. The fourth-order valence-electron chi connectivity index (χ4n) is 2.78. The molecule has 1 aliphatic rings. The van der Waals surface area contributed by atoms with E-state index in [-0.39, 0.29) is 5.78 Å². The van der Waals surface area contributed by atoms with Gasteiger partial charge in [-0.2, -0.15) is 0 Å². The summed E-state index contributed by atoms with van der Waals surface area (Å²) >= 11 is 0. The van der Waals surface area contributed by atoms with E-state index in [1.807, 2.05) is 18.2 Å². The maximum absolute atomic E-state index is 12.2. The smallest absolute Gasteiger partial charge is 0.166 e. The maximum Gasteiger partial charge on any atom is 0.166 e. The summed E-state index contributed by atoms with van der Waals surface area (Å²) in [5, 5.41) is 0. The second-order valence-electron chi connectivity index (χ2n) is 5.78. The van der Waals surface area contributed by atoms with Crippen LogP contribution in [-0.4, -0.2) is 55.4 Å². The van der Waals surface area contributed by atoms with Crippen molar-refractivity contribution < 1.29 is 4.79 Å². The molecule has 0 spiro atoms. The molecule has 0 aromatic heterocycles. The number of likely N-dealkylation sites (tertiary alicyclic amines) is 1. The van der Waals surface area contributed by atoms with Crippen LogP contribution in [0.15, 0.2) is 24.3 Å². The third kappa shape index (κ3) is 3.81. The molecule has 0 amide bonds. The first-order valence-corrected chi connectivity index (χ1v) is 7.34. The molecular formula is C16H25N3O. The van der Waals surface area contributed by atoms with Crippen LogP contribution in [0.3, 0.4) is 0 Å². The molecule has 20 heavy (non-hydrogen) atoms. The monoisotopic (exact) mass is 275 g/mol. The lowest BCUT2D eigenvalue weighted by atomic mass is 10.0. The minimum atomic E-state index is 0.142. The zero-order valence-electron chi connectivity index (χ0n) is 12.5. The number of hydrogen-bond acceptors (Lipinski definition) is 4. The number of para-hydroxylation sites is 1. The van der Waals surface area contributed by atoms with Crippen molar-refractivity contribution >= 4 is 11.5 Å². The number of nitrogens with zero attached hydrogens (tertiary/aromatic N) is 2. The largest absolute Gasteiger partial charge is 0.398 e. The van der Waals surface area contributed by atoms with Gasteiger partial charge in [0.25, 0.3) is 0 Å². The Morgan fingerprint density at radius 3 is 2.65 bits per heavy atom. The van der Waals surface area contributed by atoms with Crippen molar-refractivity contribution in [3.63, 3.8) is 0 Å². The van der Waals surface area contributed by atoms with E-state index < -0.39 is 0 Å². The number of nitrogen functional groups attached to an aromatic ring is 1. The summed E-state index contributed by atoms with van der Waals surface area (Å²) in [4.78, 5) is 16.9. The number of ketones is 1. The van der Waals surface area contributed by atoms with Crippen LogP contribution in [0.2, 0.25) is 0 Å². The van der Waals surface area contributed by atoms with Crippen LogP contribution in [-0.2, 0) is 0 Å². The molecule has 2 rings (SSSR count). The van der Waals surface area contributed by atoms with E-state index in [0.29, 0.717) is 23.7 Å². The first-order valence-electron chi connectivity index (χ1n) is 7.34. The van der Waals surface area contributed by atoms with Gasteiger partial charge < -0.3 is 15.5 Å². The molecule has 1 aromatic carbocycles. The minimum Gasteiger partial charge on any atom is -0.398 e. The standard InChI is InChI=1S/C16H25N3O/c1-18-10-7-13(8-11-18)19(2)12-9-16(20)14-5-3-4-6-15(14)17/h3-6,13H,7-12,17H2,1-2H3. The Hall–Kier alpha value is -1.39. The van der Waals surface area contributed by atoms with E-state index in [0.717, 1.165) is 19.6 Å². The zero-order chi connectivity index (χ0) is 14.5. The molecule has 0 bridgehead atoms. The van der Waals surface area contributed by atoms with Crippen molar-refractivity contribution in [3.8, 4) is 0 Å². The van der Waals surface area contributed by atoms with E-state index in [9.17, 15) is 4.79 Å². The Morgan fingerprint density at radius 1 is 1.35 bits per heavy atom. The topological polar surface area (TPSA) is 49.6 Å². The summed E-state index contributed by atoms with van der Waals surface area (Å²) in [5.74, 6) is 0.142. The number of nitrogens with two attached hydrogens (primary N) is 1. The van der Waals surface area contributed by atoms with Crippen LogP contribution < -0.4 is 5.73 Å². The lowest BCUT2D eigenvalue weighted by molar-refractivity contribution is 0.0940. The van der Waals surface area contributed by atoms with Crippen LogP contribution in [0, 0.1) is 0 Å². The summed E-state index contributed by atoms with van der Waals surface area (Å²) in [7, 11) is 4.29. The van der Waals surface area contributed by atoms with Crippen molar-refractivity contribution in [2.45, 2.75) is 25.3 Å². The quantitative estimate of drug-likeness (QED) is 0.658. The fraction of sp³-hybridized carbons (Fsp3) is 0.562. The Labute approximate surface area is 121 Å². The average molecular weight is 275 g/mol. The second-order valence-corrected chi connectivity index (χ2v) is 5.78. The SMILES string of the molecule is CN1CCC(N(C)CCC(=O)c2ccccc2N)CC1. The van der Waals surface area contributed by atoms with Crippen LogP contribution >= 0.6 is 0 Å². The summed E-state index contributed by atoms with van der Waals surface area (Å²) in [5.41, 5.74) is 7.09. The van der Waals surface area contributed by atoms with Crippen molar-refractivity contribution in [2.75, 3.05) is 39.5 Å². The summed E-state index contributed by atoms with van der Waals surface area (Å²) in [6, 6.07) is 7.93. The van der Waals surface area contributed by atoms with Crippen molar-refractivity contribution in [1.82, 2.24) is 9.80 Å². The first-order chi connectivity index (χ1) is 9.58. The van der Waals surface area contributed by atoms with Crippen molar-refractivity contribution in [2.24, 2.45) is 0 Å². The molecular weight excluding hydrogens is 250 g/mol. The summed E-state index contributed by atoms with van der Waals surface area (Å²) in [6.45, 7) is 3.10. The van der Waals surface area contributed by atoms with Crippen LogP contribution in [0.1, 0.15) is 29.6 Å². The van der Waals surface area contributed by atoms with Gasteiger partial charge in [-0.05, 0) is 52.2 Å². The highest BCUT2D eigenvalue weighted by Crippen LogP contribution is 2.16. The van der Waals surface area contributed by atoms with Gasteiger partial charge in [0.15, 0.2) is 5.78 Å². The van der Waals surface area contributed by atoms with Gasteiger partial charge in [-0.25, -0.2) is 0 Å². The predicted molar refractivity (Wildman–Crippen MR) is 83.0 cm³/mol. The lowest BCUT2D eigenvalue weighted by Gasteiger charge is -2.35. The molecule has 4 heteroatoms. The number of anilines is 1. The molecule has 0 aliphatic carbocycles. The number of piperidine rings is 1. The minimum absolute atomic E-state index is 0.142. The summed E-state index contributed by atoms with van der Waals surface area (Å²) in [6.07, 6.45) is 2.92. The Bertz CT molecular complexity index is 453. The van der Waals surface area contributed by atoms with Crippen LogP contribution in [0.4, 0.5) is 5.69 Å². The molecule has 4 nitrogen and oxygen atoms in total. The van der Waals surface area contributed by atoms with Crippen molar-refractivity contribution in [3.05, 3.63) is 29.8 Å². The highest BCUT2D eigenvalue weighted by molar-refractivity contribution is 6.00. The molecule has 1 aromatic rings. The number of rotatable bonds is 5. The summed E-state index contributed by atoms with van der Waals surface area (Å²) < 4.78 is 0. The van der Waals surface area contributed by atoms with E-state index in [4.69, 9.17) is 5.73 Å². The van der Waals surface area contributed by atoms with Gasteiger partial charge >= 0.3 is 0 Å². The number of Topliss-reactive ketones (excluding diaryl/α,β-unsaturated/α-hetero) is 1. The van der Waals surface area contributed by atoms with Crippen molar-refractivity contribution in [1.29, 1.82) is 0 Å². The van der Waals surface area contributed by atoms with Gasteiger partial charge in [0, 0.05) is 30.3 Å².